The van der Waals surface area contributed by atoms with Gasteiger partial charge in [0.1, 0.15) is 12.1 Å². The van der Waals surface area contributed by atoms with Crippen LogP contribution in [0.5, 0.6) is 0 Å². The predicted molar refractivity (Wildman–Crippen MR) is 74.6 cm³/mol. The molecule has 0 spiro atoms. The van der Waals surface area contributed by atoms with Gasteiger partial charge in [-0.05, 0) is 25.5 Å². The first kappa shape index (κ1) is 14.5. The van der Waals surface area contributed by atoms with Crippen LogP contribution in [0.2, 0.25) is 0 Å². The molecule has 0 radical (unpaired) electrons. The summed E-state index contributed by atoms with van der Waals surface area (Å²) in [7, 11) is 0. The summed E-state index contributed by atoms with van der Waals surface area (Å²) in [6.45, 7) is 2.26. The van der Waals surface area contributed by atoms with Crippen LogP contribution >= 0.6 is 0 Å². The van der Waals surface area contributed by atoms with Crippen molar-refractivity contribution in [1.29, 1.82) is 0 Å². The molecule has 0 unspecified atom stereocenters. The third kappa shape index (κ3) is 3.36. The van der Waals surface area contributed by atoms with E-state index in [1.54, 1.807) is 6.92 Å². The van der Waals surface area contributed by atoms with Gasteiger partial charge in [0.15, 0.2) is 0 Å². The summed E-state index contributed by atoms with van der Waals surface area (Å²) in [6, 6.07) is 9.52. The molecular weight excluding hydrogens is 258 g/mol. The Morgan fingerprint density at radius 2 is 2.20 bits per heavy atom. The number of aliphatic hydroxyl groups is 1. The van der Waals surface area contributed by atoms with Gasteiger partial charge in [0.25, 0.3) is 0 Å². The zero-order valence-corrected chi connectivity index (χ0v) is 11.5. The zero-order chi connectivity index (χ0) is 14.4. The molecule has 0 aromatic heterocycles. The second-order valence-corrected chi connectivity index (χ2v) is 4.76. The Bertz CT molecular complexity index is 486. The number of aliphatic imine (C=N–C) groups is 1. The van der Waals surface area contributed by atoms with Crippen LogP contribution in [0.1, 0.15) is 25.3 Å². The number of hydrogen-bond acceptors (Lipinski definition) is 5. The van der Waals surface area contributed by atoms with Gasteiger partial charge < -0.3 is 14.6 Å². The number of aliphatic hydroxyl groups excluding tert-OH is 1. The van der Waals surface area contributed by atoms with Crippen LogP contribution in [0.15, 0.2) is 35.3 Å². The third-order valence-corrected chi connectivity index (χ3v) is 3.23. The highest BCUT2D eigenvalue weighted by Gasteiger charge is 2.37. The lowest BCUT2D eigenvalue weighted by atomic mass is 9.97. The number of nitrogens with zero attached hydrogens (tertiary/aromatic N) is 1. The number of rotatable bonds is 6. The highest BCUT2D eigenvalue weighted by atomic mass is 16.5. The minimum absolute atomic E-state index is 0.150. The van der Waals surface area contributed by atoms with Gasteiger partial charge in [-0.2, -0.15) is 0 Å². The Kier molecular flexibility index (Phi) is 4.74. The van der Waals surface area contributed by atoms with Crippen molar-refractivity contribution in [2.24, 2.45) is 4.99 Å². The van der Waals surface area contributed by atoms with Crippen molar-refractivity contribution in [3.8, 4) is 0 Å². The lowest BCUT2D eigenvalue weighted by molar-refractivity contribution is -0.143. The summed E-state index contributed by atoms with van der Waals surface area (Å²) in [5, 5.41) is 9.58. The van der Waals surface area contributed by atoms with Gasteiger partial charge in [0.05, 0.1) is 13.2 Å². The van der Waals surface area contributed by atoms with Crippen LogP contribution < -0.4 is 0 Å². The van der Waals surface area contributed by atoms with E-state index in [1.807, 2.05) is 30.3 Å². The molecule has 0 aliphatic carbocycles. The maximum atomic E-state index is 11.4. The van der Waals surface area contributed by atoms with Crippen LogP contribution in [0.4, 0.5) is 0 Å². The topological polar surface area (TPSA) is 68.1 Å². The number of hydrogen-bond donors (Lipinski definition) is 1. The molecule has 5 nitrogen and oxygen atoms in total. The van der Waals surface area contributed by atoms with Gasteiger partial charge in [0.2, 0.25) is 5.90 Å². The van der Waals surface area contributed by atoms with Crippen LogP contribution in [0.25, 0.3) is 0 Å². The molecule has 20 heavy (non-hydrogen) atoms. The molecule has 1 atom stereocenters. The molecule has 0 saturated carbocycles. The molecule has 5 heteroatoms. The van der Waals surface area contributed by atoms with E-state index < -0.39 is 5.54 Å². The van der Waals surface area contributed by atoms with Crippen molar-refractivity contribution < 1.29 is 19.4 Å². The lowest BCUT2D eigenvalue weighted by Crippen LogP contribution is -2.33. The standard InChI is InChI=1S/C15H19NO4/c1-2-19-13(18)8-9-15(10-17)11-20-14(16-15)12-6-4-3-5-7-12/h3-7,17H,2,8-11H2,1H3/t15-/m0/s1. The average Bonchev–Trinajstić information content (AvgIpc) is 2.92. The van der Waals surface area contributed by atoms with Gasteiger partial charge >= 0.3 is 5.97 Å². The summed E-state index contributed by atoms with van der Waals surface area (Å²) in [5.41, 5.74) is 0.136. The quantitative estimate of drug-likeness (QED) is 0.801. The molecule has 0 fully saturated rings. The van der Waals surface area contributed by atoms with E-state index in [0.29, 0.717) is 18.9 Å². The summed E-state index contributed by atoms with van der Waals surface area (Å²) in [6.07, 6.45) is 0.641. The molecule has 1 aromatic rings. The van der Waals surface area contributed by atoms with E-state index >= 15 is 0 Å². The Hall–Kier alpha value is -1.88. The molecule has 1 heterocycles. The number of carbonyl (C=O) groups excluding carboxylic acids is 1. The fraction of sp³-hybridized carbons (Fsp3) is 0.467. The second kappa shape index (κ2) is 6.52. The van der Waals surface area contributed by atoms with E-state index in [4.69, 9.17) is 9.47 Å². The van der Waals surface area contributed by atoms with Crippen molar-refractivity contribution in [3.05, 3.63) is 35.9 Å². The summed E-state index contributed by atoms with van der Waals surface area (Å²) in [5.74, 6) is 0.243. The predicted octanol–water partition coefficient (Wildman–Crippen LogP) is 1.54. The average molecular weight is 277 g/mol. The number of carbonyl (C=O) groups is 1. The third-order valence-electron chi connectivity index (χ3n) is 3.23. The molecule has 0 amide bonds. The maximum Gasteiger partial charge on any atom is 0.305 e. The minimum atomic E-state index is -0.738. The smallest absolute Gasteiger partial charge is 0.305 e. The Morgan fingerprint density at radius 1 is 1.45 bits per heavy atom. The SMILES string of the molecule is CCOC(=O)CC[C@]1(CO)COC(c2ccccc2)=N1. The molecule has 1 N–H and O–H groups in total. The molecular formula is C15H19NO4. The fourth-order valence-corrected chi connectivity index (χ4v) is 2.07. The first-order chi connectivity index (χ1) is 9.69. The van der Waals surface area contributed by atoms with Gasteiger partial charge in [-0.25, -0.2) is 4.99 Å². The van der Waals surface area contributed by atoms with Crippen LogP contribution in [-0.2, 0) is 14.3 Å². The Morgan fingerprint density at radius 3 is 2.85 bits per heavy atom. The van der Waals surface area contributed by atoms with E-state index in [9.17, 15) is 9.90 Å². The molecule has 0 bridgehead atoms. The van der Waals surface area contributed by atoms with Crippen molar-refractivity contribution in [3.63, 3.8) is 0 Å². The van der Waals surface area contributed by atoms with Crippen LogP contribution in [0, 0.1) is 0 Å². The normalized spacial score (nSPS) is 21.2. The fourth-order valence-electron chi connectivity index (χ4n) is 2.07. The minimum Gasteiger partial charge on any atom is -0.475 e. The molecule has 1 aliphatic rings. The van der Waals surface area contributed by atoms with Crippen LogP contribution in [-0.4, -0.2) is 42.3 Å². The van der Waals surface area contributed by atoms with E-state index in [-0.39, 0.29) is 25.6 Å². The van der Waals surface area contributed by atoms with Crippen LogP contribution in [0.3, 0.4) is 0 Å². The number of ether oxygens (including phenoxy) is 2. The molecule has 0 saturated heterocycles. The largest absolute Gasteiger partial charge is 0.475 e. The lowest BCUT2D eigenvalue weighted by Gasteiger charge is -2.20. The van der Waals surface area contributed by atoms with E-state index in [1.165, 1.54) is 0 Å². The number of benzene rings is 1. The van der Waals surface area contributed by atoms with Gasteiger partial charge in [-0.3, -0.25) is 4.79 Å². The second-order valence-electron chi connectivity index (χ2n) is 4.76. The van der Waals surface area contributed by atoms with Crippen molar-refractivity contribution in [2.75, 3.05) is 19.8 Å². The highest BCUT2D eigenvalue weighted by Crippen LogP contribution is 2.26. The summed E-state index contributed by atoms with van der Waals surface area (Å²) >= 11 is 0. The summed E-state index contributed by atoms with van der Waals surface area (Å²) < 4.78 is 10.5. The summed E-state index contributed by atoms with van der Waals surface area (Å²) in [4.78, 5) is 15.9. The number of esters is 1. The highest BCUT2D eigenvalue weighted by molar-refractivity contribution is 5.95. The Labute approximate surface area is 118 Å². The van der Waals surface area contributed by atoms with Gasteiger partial charge in [-0.15, -0.1) is 0 Å². The van der Waals surface area contributed by atoms with Crippen molar-refractivity contribution in [1.82, 2.24) is 0 Å². The molecule has 1 aromatic carbocycles. The zero-order valence-electron chi connectivity index (χ0n) is 11.5. The van der Waals surface area contributed by atoms with E-state index in [0.717, 1.165) is 5.56 Å². The maximum absolute atomic E-state index is 11.4. The molecule has 108 valence electrons. The molecule has 2 rings (SSSR count). The Balaban J connectivity index is 2.05. The monoisotopic (exact) mass is 277 g/mol. The first-order valence-corrected chi connectivity index (χ1v) is 6.74. The van der Waals surface area contributed by atoms with Crippen molar-refractivity contribution in [2.45, 2.75) is 25.3 Å². The molecule has 1 aliphatic heterocycles. The van der Waals surface area contributed by atoms with Gasteiger partial charge in [-0.1, -0.05) is 18.2 Å². The van der Waals surface area contributed by atoms with Gasteiger partial charge in [0, 0.05) is 12.0 Å². The van der Waals surface area contributed by atoms with Crippen molar-refractivity contribution >= 4 is 11.9 Å². The first-order valence-electron chi connectivity index (χ1n) is 6.74. The van der Waals surface area contributed by atoms with E-state index in [2.05, 4.69) is 4.99 Å².